The van der Waals surface area contributed by atoms with E-state index in [1.54, 1.807) is 4.68 Å². The fourth-order valence-electron chi connectivity index (χ4n) is 2.26. The number of nitrogens with zero attached hydrogens (tertiary/aromatic N) is 3. The Bertz CT molecular complexity index is 660. The molecule has 0 aliphatic carbocycles. The molecular weight excluding hydrogens is 344 g/mol. The van der Waals surface area contributed by atoms with Crippen LogP contribution in [0.2, 0.25) is 0 Å². The van der Waals surface area contributed by atoms with Crippen LogP contribution in [0, 0.1) is 6.92 Å². The highest BCUT2D eigenvalue weighted by atomic mass is 79.9. The van der Waals surface area contributed by atoms with E-state index < -0.39 is 0 Å². The molecule has 118 valence electrons. The number of hydrogen-bond donors (Lipinski definition) is 1. The summed E-state index contributed by atoms with van der Waals surface area (Å²) in [5, 5.41) is 7.11. The highest BCUT2D eigenvalue weighted by Gasteiger charge is 2.17. The molecule has 0 unspecified atom stereocenters. The maximum atomic E-state index is 12.3. The SMILES string of the molecule is CCN(CC)c1ccc(NC(=O)c2nn(C)c(C)c2Br)cc1. The van der Waals surface area contributed by atoms with Gasteiger partial charge in [-0.15, -0.1) is 0 Å². The Labute approximate surface area is 139 Å². The number of benzene rings is 1. The van der Waals surface area contributed by atoms with E-state index in [1.807, 2.05) is 38.2 Å². The topological polar surface area (TPSA) is 50.2 Å². The third-order valence-electron chi connectivity index (χ3n) is 3.73. The molecule has 6 heteroatoms. The molecule has 0 radical (unpaired) electrons. The molecule has 5 nitrogen and oxygen atoms in total. The van der Waals surface area contributed by atoms with Crippen molar-refractivity contribution in [2.45, 2.75) is 20.8 Å². The van der Waals surface area contributed by atoms with Gasteiger partial charge in [-0.05, 0) is 61.0 Å². The largest absolute Gasteiger partial charge is 0.372 e. The summed E-state index contributed by atoms with van der Waals surface area (Å²) in [6.45, 7) is 8.08. The van der Waals surface area contributed by atoms with E-state index in [4.69, 9.17) is 0 Å². The number of rotatable bonds is 5. The molecule has 0 aliphatic rings. The van der Waals surface area contributed by atoms with Crippen molar-refractivity contribution in [3.05, 3.63) is 40.1 Å². The fourth-order valence-corrected chi connectivity index (χ4v) is 2.78. The first-order valence-corrected chi connectivity index (χ1v) is 8.12. The molecule has 22 heavy (non-hydrogen) atoms. The van der Waals surface area contributed by atoms with Crippen LogP contribution in [-0.4, -0.2) is 28.8 Å². The lowest BCUT2D eigenvalue weighted by molar-refractivity contribution is 0.102. The van der Waals surface area contributed by atoms with Crippen molar-refractivity contribution in [3.63, 3.8) is 0 Å². The van der Waals surface area contributed by atoms with E-state index in [0.29, 0.717) is 5.69 Å². The minimum absolute atomic E-state index is 0.217. The van der Waals surface area contributed by atoms with Gasteiger partial charge in [-0.1, -0.05) is 0 Å². The van der Waals surface area contributed by atoms with E-state index in [0.717, 1.165) is 34.6 Å². The maximum absolute atomic E-state index is 12.3. The molecule has 0 fully saturated rings. The first-order chi connectivity index (χ1) is 10.5. The first-order valence-electron chi connectivity index (χ1n) is 7.33. The predicted molar refractivity (Wildman–Crippen MR) is 93.6 cm³/mol. The van der Waals surface area contributed by atoms with Crippen LogP contribution in [0.1, 0.15) is 30.0 Å². The lowest BCUT2D eigenvalue weighted by Crippen LogP contribution is -2.21. The van der Waals surface area contributed by atoms with Gasteiger partial charge in [-0.2, -0.15) is 5.10 Å². The van der Waals surface area contributed by atoms with Gasteiger partial charge in [0.15, 0.2) is 5.69 Å². The van der Waals surface area contributed by atoms with E-state index in [1.165, 1.54) is 0 Å². The van der Waals surface area contributed by atoms with Crippen LogP contribution in [0.4, 0.5) is 11.4 Å². The second-order valence-electron chi connectivity index (χ2n) is 5.04. The zero-order valence-electron chi connectivity index (χ0n) is 13.4. The Balaban J connectivity index is 2.13. The predicted octanol–water partition coefficient (Wildman–Crippen LogP) is 3.59. The zero-order chi connectivity index (χ0) is 16.3. The van der Waals surface area contributed by atoms with Crippen LogP contribution in [0.5, 0.6) is 0 Å². The van der Waals surface area contributed by atoms with Crippen LogP contribution in [0.3, 0.4) is 0 Å². The van der Waals surface area contributed by atoms with Crippen molar-refractivity contribution in [3.8, 4) is 0 Å². The molecule has 0 saturated carbocycles. The molecule has 2 aromatic rings. The summed E-state index contributed by atoms with van der Waals surface area (Å²) in [6.07, 6.45) is 0. The molecule has 0 spiro atoms. The van der Waals surface area contributed by atoms with Crippen molar-refractivity contribution in [1.29, 1.82) is 0 Å². The van der Waals surface area contributed by atoms with E-state index in [9.17, 15) is 4.79 Å². The highest BCUT2D eigenvalue weighted by molar-refractivity contribution is 9.10. The third kappa shape index (κ3) is 3.32. The van der Waals surface area contributed by atoms with Gasteiger partial charge in [-0.3, -0.25) is 9.48 Å². The summed E-state index contributed by atoms with van der Waals surface area (Å²) in [6, 6.07) is 7.85. The molecule has 0 aliphatic heterocycles. The molecule has 2 rings (SSSR count). The summed E-state index contributed by atoms with van der Waals surface area (Å²) in [7, 11) is 1.82. The van der Waals surface area contributed by atoms with Crippen LogP contribution >= 0.6 is 15.9 Å². The highest BCUT2D eigenvalue weighted by Crippen LogP contribution is 2.22. The van der Waals surface area contributed by atoms with Gasteiger partial charge >= 0.3 is 0 Å². The number of nitrogens with one attached hydrogen (secondary N) is 1. The smallest absolute Gasteiger partial charge is 0.277 e. The van der Waals surface area contributed by atoms with Crippen molar-refractivity contribution < 1.29 is 4.79 Å². The average Bonchev–Trinajstić information content (AvgIpc) is 2.78. The van der Waals surface area contributed by atoms with Crippen molar-refractivity contribution in [2.75, 3.05) is 23.3 Å². The quantitative estimate of drug-likeness (QED) is 0.881. The van der Waals surface area contributed by atoms with Gasteiger partial charge in [0.25, 0.3) is 5.91 Å². The van der Waals surface area contributed by atoms with Crippen LogP contribution in [0.15, 0.2) is 28.7 Å². The zero-order valence-corrected chi connectivity index (χ0v) is 14.9. The number of carbonyl (C=O) groups is 1. The molecule has 0 atom stereocenters. The van der Waals surface area contributed by atoms with Gasteiger partial charge in [0, 0.05) is 31.5 Å². The average molecular weight is 365 g/mol. The third-order valence-corrected chi connectivity index (χ3v) is 4.68. The first kappa shape index (κ1) is 16.5. The molecule has 1 aromatic heterocycles. The van der Waals surface area contributed by atoms with Crippen molar-refractivity contribution in [2.24, 2.45) is 7.05 Å². The number of carbonyl (C=O) groups excluding carboxylic acids is 1. The molecule has 0 saturated heterocycles. The second kappa shape index (κ2) is 6.96. The maximum Gasteiger partial charge on any atom is 0.277 e. The Morgan fingerprint density at radius 1 is 1.27 bits per heavy atom. The monoisotopic (exact) mass is 364 g/mol. The van der Waals surface area contributed by atoms with Gasteiger partial charge in [0.05, 0.1) is 10.2 Å². The molecule has 1 heterocycles. The molecule has 1 N–H and O–H groups in total. The Morgan fingerprint density at radius 3 is 2.32 bits per heavy atom. The molecular formula is C16H21BrN4O. The van der Waals surface area contributed by atoms with Crippen molar-refractivity contribution >= 4 is 33.2 Å². The molecule has 1 amide bonds. The number of aryl methyl sites for hydroxylation is 1. The standard InChI is InChI=1S/C16H21BrN4O/c1-5-21(6-2)13-9-7-12(8-10-13)18-16(22)15-14(17)11(3)20(4)19-15/h7-10H,5-6H2,1-4H3,(H,18,22). The number of halogens is 1. The minimum Gasteiger partial charge on any atom is -0.372 e. The number of aromatic nitrogens is 2. The minimum atomic E-state index is -0.217. The number of hydrogen-bond acceptors (Lipinski definition) is 3. The van der Waals surface area contributed by atoms with Gasteiger partial charge in [-0.25, -0.2) is 0 Å². The Kier molecular flexibility index (Phi) is 5.24. The van der Waals surface area contributed by atoms with Crippen LogP contribution in [0.25, 0.3) is 0 Å². The molecule has 0 bridgehead atoms. The summed E-state index contributed by atoms with van der Waals surface area (Å²) in [5.74, 6) is -0.217. The van der Waals surface area contributed by atoms with Crippen molar-refractivity contribution in [1.82, 2.24) is 9.78 Å². The summed E-state index contributed by atoms with van der Waals surface area (Å²) < 4.78 is 2.41. The van der Waals surface area contributed by atoms with E-state index in [-0.39, 0.29) is 5.91 Å². The molecule has 1 aromatic carbocycles. The summed E-state index contributed by atoms with van der Waals surface area (Å²) in [5.41, 5.74) is 3.23. The van der Waals surface area contributed by atoms with Crippen LogP contribution in [-0.2, 0) is 7.05 Å². The number of anilines is 2. The second-order valence-corrected chi connectivity index (χ2v) is 5.84. The van der Waals surface area contributed by atoms with Crippen LogP contribution < -0.4 is 10.2 Å². The number of amides is 1. The Morgan fingerprint density at radius 2 is 1.86 bits per heavy atom. The lowest BCUT2D eigenvalue weighted by Gasteiger charge is -2.21. The lowest BCUT2D eigenvalue weighted by atomic mass is 10.2. The fraction of sp³-hybridized carbons (Fsp3) is 0.375. The summed E-state index contributed by atoms with van der Waals surface area (Å²) >= 11 is 3.41. The van der Waals surface area contributed by atoms with E-state index >= 15 is 0 Å². The normalized spacial score (nSPS) is 10.6. The van der Waals surface area contributed by atoms with Gasteiger partial charge < -0.3 is 10.2 Å². The summed E-state index contributed by atoms with van der Waals surface area (Å²) in [4.78, 5) is 14.6. The Hall–Kier alpha value is -1.82. The van der Waals surface area contributed by atoms with Gasteiger partial charge in [0.1, 0.15) is 0 Å². The van der Waals surface area contributed by atoms with E-state index in [2.05, 4.69) is 45.1 Å². The van der Waals surface area contributed by atoms with Gasteiger partial charge in [0.2, 0.25) is 0 Å².